The van der Waals surface area contributed by atoms with Crippen molar-refractivity contribution in [3.05, 3.63) is 59.7 Å². The van der Waals surface area contributed by atoms with Crippen LogP contribution in [0.25, 0.3) is 0 Å². The summed E-state index contributed by atoms with van der Waals surface area (Å²) in [7, 11) is 1.52. The van der Waals surface area contributed by atoms with Crippen molar-refractivity contribution in [1.29, 1.82) is 0 Å². The second-order valence-electron chi connectivity index (χ2n) is 4.13. The lowest BCUT2D eigenvalue weighted by molar-refractivity contribution is 0.410. The van der Waals surface area contributed by atoms with Gasteiger partial charge in [-0.15, -0.1) is 0 Å². The number of nitrogens with one attached hydrogen (secondary N) is 1. The molecule has 0 radical (unpaired) electrons. The Balaban J connectivity index is 2.39. The van der Waals surface area contributed by atoms with E-state index in [0.29, 0.717) is 11.3 Å². The van der Waals surface area contributed by atoms with Crippen LogP contribution in [0.5, 0.6) is 5.75 Å². The van der Waals surface area contributed by atoms with Crippen molar-refractivity contribution >= 4 is 0 Å². The topological polar surface area (TPSA) is 34.2 Å². The normalized spacial score (nSPS) is 12.2. The quantitative estimate of drug-likeness (QED) is 0.897. The van der Waals surface area contributed by atoms with Crippen molar-refractivity contribution < 1.29 is 9.13 Å². The third kappa shape index (κ3) is 3.09. The van der Waals surface area contributed by atoms with E-state index in [9.17, 15) is 4.39 Å². The van der Waals surface area contributed by atoms with E-state index >= 15 is 0 Å². The number of aromatic nitrogens is 1. The van der Waals surface area contributed by atoms with Crippen LogP contribution in [0.2, 0.25) is 0 Å². The monoisotopic (exact) mass is 260 g/mol. The number of ether oxygens (including phenoxy) is 1. The molecule has 1 heterocycles. The highest BCUT2D eigenvalue weighted by molar-refractivity contribution is 5.34. The molecule has 0 bridgehead atoms. The molecule has 0 spiro atoms. The van der Waals surface area contributed by atoms with Gasteiger partial charge < -0.3 is 10.1 Å². The first kappa shape index (κ1) is 13.5. The first-order valence-electron chi connectivity index (χ1n) is 6.24. The standard InChI is InChI=1S/C15H17FN2O/c1-3-17-15(14-6-4-5-9-18-14)12-8-7-11(19-2)10-13(12)16/h4-10,15,17H,3H2,1-2H3. The Morgan fingerprint density at radius 2 is 2.16 bits per heavy atom. The minimum absolute atomic E-state index is 0.253. The van der Waals surface area contributed by atoms with E-state index in [-0.39, 0.29) is 11.9 Å². The van der Waals surface area contributed by atoms with Crippen molar-refractivity contribution in [2.24, 2.45) is 0 Å². The van der Waals surface area contributed by atoms with Crippen molar-refractivity contribution in [1.82, 2.24) is 10.3 Å². The average Bonchev–Trinajstić information content (AvgIpc) is 2.46. The van der Waals surface area contributed by atoms with Crippen molar-refractivity contribution in [3.63, 3.8) is 0 Å². The molecule has 0 aliphatic heterocycles. The molecule has 0 saturated heterocycles. The van der Waals surface area contributed by atoms with Crippen LogP contribution in [0.15, 0.2) is 42.6 Å². The highest BCUT2D eigenvalue weighted by Crippen LogP contribution is 2.25. The molecule has 1 atom stereocenters. The molecule has 19 heavy (non-hydrogen) atoms. The van der Waals surface area contributed by atoms with Crippen LogP contribution >= 0.6 is 0 Å². The Bertz CT molecular complexity index is 531. The van der Waals surface area contributed by atoms with E-state index in [1.807, 2.05) is 25.1 Å². The summed E-state index contributed by atoms with van der Waals surface area (Å²) >= 11 is 0. The summed E-state index contributed by atoms with van der Waals surface area (Å²) in [5, 5.41) is 3.25. The molecule has 3 nitrogen and oxygen atoms in total. The number of methoxy groups -OCH3 is 1. The molecule has 0 aliphatic rings. The van der Waals surface area contributed by atoms with E-state index < -0.39 is 0 Å². The summed E-state index contributed by atoms with van der Waals surface area (Å²) in [6.07, 6.45) is 1.71. The minimum Gasteiger partial charge on any atom is -0.497 e. The zero-order valence-corrected chi connectivity index (χ0v) is 11.1. The molecular weight excluding hydrogens is 243 g/mol. The molecule has 100 valence electrons. The lowest BCUT2D eigenvalue weighted by atomic mass is 10.0. The summed E-state index contributed by atoms with van der Waals surface area (Å²) in [6.45, 7) is 2.71. The summed E-state index contributed by atoms with van der Waals surface area (Å²) in [5.41, 5.74) is 1.37. The van der Waals surface area contributed by atoms with Gasteiger partial charge in [-0.25, -0.2) is 4.39 Å². The van der Waals surface area contributed by atoms with E-state index in [1.54, 1.807) is 18.3 Å². The molecule has 0 amide bonds. The predicted molar refractivity (Wildman–Crippen MR) is 72.7 cm³/mol. The molecule has 2 aromatic rings. The maximum atomic E-state index is 14.1. The molecule has 4 heteroatoms. The molecule has 1 aromatic heterocycles. The van der Waals surface area contributed by atoms with Gasteiger partial charge in [0.25, 0.3) is 0 Å². The number of hydrogen-bond acceptors (Lipinski definition) is 3. The van der Waals surface area contributed by atoms with Gasteiger partial charge in [0.05, 0.1) is 18.8 Å². The number of benzene rings is 1. The van der Waals surface area contributed by atoms with Crippen LogP contribution in [0.1, 0.15) is 24.2 Å². The largest absolute Gasteiger partial charge is 0.497 e. The lowest BCUT2D eigenvalue weighted by Crippen LogP contribution is -2.23. The summed E-state index contributed by atoms with van der Waals surface area (Å²) in [4.78, 5) is 4.30. The summed E-state index contributed by atoms with van der Waals surface area (Å²) in [6, 6.07) is 10.3. The fourth-order valence-corrected chi connectivity index (χ4v) is 1.99. The lowest BCUT2D eigenvalue weighted by Gasteiger charge is -2.18. The second kappa shape index (κ2) is 6.29. The van der Waals surface area contributed by atoms with E-state index in [0.717, 1.165) is 12.2 Å². The second-order valence-corrected chi connectivity index (χ2v) is 4.13. The summed E-state index contributed by atoms with van der Waals surface area (Å²) in [5.74, 6) is 0.216. The third-order valence-corrected chi connectivity index (χ3v) is 2.91. The Hall–Kier alpha value is -1.94. The van der Waals surface area contributed by atoms with Gasteiger partial charge in [-0.3, -0.25) is 4.98 Å². The van der Waals surface area contributed by atoms with Crippen LogP contribution < -0.4 is 10.1 Å². The Morgan fingerprint density at radius 1 is 1.32 bits per heavy atom. The third-order valence-electron chi connectivity index (χ3n) is 2.91. The highest BCUT2D eigenvalue weighted by atomic mass is 19.1. The van der Waals surface area contributed by atoms with Crippen LogP contribution in [-0.4, -0.2) is 18.6 Å². The molecule has 0 saturated carbocycles. The fourth-order valence-electron chi connectivity index (χ4n) is 1.99. The van der Waals surface area contributed by atoms with Crippen LogP contribution in [0.3, 0.4) is 0 Å². The van der Waals surface area contributed by atoms with E-state index in [1.165, 1.54) is 13.2 Å². The minimum atomic E-state index is -0.295. The predicted octanol–water partition coefficient (Wildman–Crippen LogP) is 2.93. The molecule has 1 unspecified atom stereocenters. The Labute approximate surface area is 112 Å². The summed E-state index contributed by atoms with van der Waals surface area (Å²) < 4.78 is 19.2. The maximum Gasteiger partial charge on any atom is 0.132 e. The van der Waals surface area contributed by atoms with Gasteiger partial charge in [-0.1, -0.05) is 19.1 Å². The van der Waals surface area contributed by atoms with Gasteiger partial charge in [-0.05, 0) is 24.7 Å². The van der Waals surface area contributed by atoms with Gasteiger partial charge in [0.1, 0.15) is 11.6 Å². The van der Waals surface area contributed by atoms with Gasteiger partial charge in [0.15, 0.2) is 0 Å². The smallest absolute Gasteiger partial charge is 0.132 e. The molecule has 2 rings (SSSR count). The molecule has 1 N–H and O–H groups in total. The van der Waals surface area contributed by atoms with Crippen LogP contribution in [-0.2, 0) is 0 Å². The van der Waals surface area contributed by atoms with Gasteiger partial charge in [-0.2, -0.15) is 0 Å². The zero-order chi connectivity index (χ0) is 13.7. The number of rotatable bonds is 5. The Morgan fingerprint density at radius 3 is 2.74 bits per heavy atom. The van der Waals surface area contributed by atoms with E-state index in [2.05, 4.69) is 10.3 Å². The number of hydrogen-bond donors (Lipinski definition) is 1. The van der Waals surface area contributed by atoms with Gasteiger partial charge >= 0.3 is 0 Å². The average molecular weight is 260 g/mol. The molecule has 0 fully saturated rings. The van der Waals surface area contributed by atoms with Crippen LogP contribution in [0, 0.1) is 5.82 Å². The highest BCUT2D eigenvalue weighted by Gasteiger charge is 2.18. The Kier molecular flexibility index (Phi) is 4.47. The zero-order valence-electron chi connectivity index (χ0n) is 11.1. The van der Waals surface area contributed by atoms with Crippen molar-refractivity contribution in [3.8, 4) is 5.75 Å². The molecular formula is C15H17FN2O. The number of halogens is 1. The first-order chi connectivity index (χ1) is 9.26. The van der Waals surface area contributed by atoms with Crippen molar-refractivity contribution in [2.75, 3.05) is 13.7 Å². The number of pyridine rings is 1. The van der Waals surface area contributed by atoms with Crippen LogP contribution in [0.4, 0.5) is 4.39 Å². The number of nitrogens with zero attached hydrogens (tertiary/aromatic N) is 1. The van der Waals surface area contributed by atoms with E-state index in [4.69, 9.17) is 4.74 Å². The molecule has 0 aliphatic carbocycles. The maximum absolute atomic E-state index is 14.1. The van der Waals surface area contributed by atoms with Crippen molar-refractivity contribution in [2.45, 2.75) is 13.0 Å². The van der Waals surface area contributed by atoms with Gasteiger partial charge in [0.2, 0.25) is 0 Å². The molecule has 1 aromatic carbocycles. The SMILES string of the molecule is CCNC(c1ccccn1)c1ccc(OC)cc1F. The van der Waals surface area contributed by atoms with Gasteiger partial charge in [0, 0.05) is 17.8 Å². The fraction of sp³-hybridized carbons (Fsp3) is 0.267. The first-order valence-corrected chi connectivity index (χ1v) is 6.24.